The molecule has 192 valence electrons. The SMILES string of the molecule is Cc1ccc(S(=O)(=O)n2nc(N3CCN(c4ncc(F)cc4F)CC34CC4)c3c(F)cc(Cl)cc32)cc1. The molecule has 4 aromatic rings. The van der Waals surface area contributed by atoms with Gasteiger partial charge in [0.05, 0.1) is 27.5 Å². The molecule has 37 heavy (non-hydrogen) atoms. The maximum absolute atomic E-state index is 15.4. The van der Waals surface area contributed by atoms with Crippen molar-refractivity contribution in [3.05, 3.63) is 76.7 Å². The zero-order chi connectivity index (χ0) is 26.1. The van der Waals surface area contributed by atoms with Crippen LogP contribution in [0, 0.1) is 24.4 Å². The normalized spacial score (nSPS) is 17.1. The van der Waals surface area contributed by atoms with Gasteiger partial charge in [0.15, 0.2) is 17.5 Å². The molecule has 1 saturated carbocycles. The third kappa shape index (κ3) is 3.91. The van der Waals surface area contributed by atoms with Crippen LogP contribution in [-0.4, -0.2) is 47.8 Å². The summed E-state index contributed by atoms with van der Waals surface area (Å²) in [5.41, 5.74) is 0.400. The molecule has 0 atom stereocenters. The van der Waals surface area contributed by atoms with Crippen LogP contribution >= 0.6 is 11.6 Å². The zero-order valence-electron chi connectivity index (χ0n) is 19.6. The summed E-state index contributed by atoms with van der Waals surface area (Å²) in [6, 6.07) is 9.61. The van der Waals surface area contributed by atoms with Gasteiger partial charge in [0.2, 0.25) is 0 Å². The number of benzene rings is 2. The molecule has 7 nitrogen and oxygen atoms in total. The van der Waals surface area contributed by atoms with Gasteiger partial charge in [-0.2, -0.15) is 12.5 Å². The molecule has 0 bridgehead atoms. The Hall–Kier alpha value is -3.31. The predicted molar refractivity (Wildman–Crippen MR) is 134 cm³/mol. The van der Waals surface area contributed by atoms with E-state index >= 15 is 4.39 Å². The van der Waals surface area contributed by atoms with Crippen LogP contribution in [0.25, 0.3) is 10.9 Å². The summed E-state index contributed by atoms with van der Waals surface area (Å²) >= 11 is 6.12. The van der Waals surface area contributed by atoms with Crippen molar-refractivity contribution in [1.29, 1.82) is 0 Å². The first-order valence-corrected chi connectivity index (χ1v) is 13.4. The average Bonchev–Trinajstić information content (AvgIpc) is 3.48. The fourth-order valence-corrected chi connectivity index (χ4v) is 6.47. The number of hydrogen-bond acceptors (Lipinski definition) is 6. The molecule has 3 heterocycles. The molecule has 1 aliphatic heterocycles. The van der Waals surface area contributed by atoms with Crippen molar-refractivity contribution >= 4 is 44.2 Å². The van der Waals surface area contributed by atoms with Crippen molar-refractivity contribution in [3.8, 4) is 0 Å². The number of piperazine rings is 1. The second-order valence-corrected chi connectivity index (χ2v) is 11.7. The zero-order valence-corrected chi connectivity index (χ0v) is 21.2. The summed E-state index contributed by atoms with van der Waals surface area (Å²) in [6.07, 6.45) is 2.38. The highest BCUT2D eigenvalue weighted by Crippen LogP contribution is 2.49. The van der Waals surface area contributed by atoms with E-state index in [9.17, 15) is 17.2 Å². The lowest BCUT2D eigenvalue weighted by molar-refractivity contribution is 0.489. The standard InChI is InChI=1S/C25H21ClF3N5O2S/c1-15-2-4-18(5-3-15)37(35,36)34-21-11-16(26)10-19(28)22(21)24(31-34)33-9-8-32(14-25(33)6-7-25)23-20(29)12-17(27)13-30-23/h2-5,10-13H,6-9,14H2,1H3. The monoisotopic (exact) mass is 547 g/mol. The third-order valence-corrected chi connectivity index (χ3v) is 8.84. The van der Waals surface area contributed by atoms with Crippen molar-refractivity contribution < 1.29 is 21.6 Å². The number of aromatic nitrogens is 3. The second kappa shape index (κ2) is 8.35. The number of nitrogens with zero attached hydrogens (tertiary/aromatic N) is 5. The highest BCUT2D eigenvalue weighted by molar-refractivity contribution is 7.90. The van der Waals surface area contributed by atoms with Crippen LogP contribution in [0.3, 0.4) is 0 Å². The lowest BCUT2D eigenvalue weighted by Crippen LogP contribution is -2.56. The van der Waals surface area contributed by atoms with E-state index in [0.717, 1.165) is 28.0 Å². The van der Waals surface area contributed by atoms with E-state index in [-0.39, 0.29) is 32.5 Å². The van der Waals surface area contributed by atoms with Crippen LogP contribution in [0.1, 0.15) is 18.4 Å². The molecule has 1 spiro atoms. The molecule has 2 fully saturated rings. The van der Waals surface area contributed by atoms with Crippen LogP contribution in [0.2, 0.25) is 5.02 Å². The predicted octanol–water partition coefficient (Wildman–Crippen LogP) is 4.91. The van der Waals surface area contributed by atoms with E-state index in [0.29, 0.717) is 32.5 Å². The van der Waals surface area contributed by atoms with Crippen LogP contribution < -0.4 is 9.80 Å². The topological polar surface area (TPSA) is 71.3 Å². The molecule has 0 radical (unpaired) electrons. The number of fused-ring (bicyclic) bond motifs is 1. The molecule has 0 N–H and O–H groups in total. The lowest BCUT2D eigenvalue weighted by atomic mass is 10.1. The third-order valence-electron chi connectivity index (χ3n) is 7.02. The van der Waals surface area contributed by atoms with E-state index in [2.05, 4.69) is 10.1 Å². The summed E-state index contributed by atoms with van der Waals surface area (Å²) in [5, 5.41) is 4.54. The average molecular weight is 548 g/mol. The Morgan fingerprint density at radius 3 is 2.38 bits per heavy atom. The first kappa shape index (κ1) is 24.1. The number of anilines is 2. The minimum Gasteiger partial charge on any atom is -0.350 e. The van der Waals surface area contributed by atoms with Crippen molar-refractivity contribution in [3.63, 3.8) is 0 Å². The van der Waals surface area contributed by atoms with Gasteiger partial charge >= 0.3 is 0 Å². The maximum atomic E-state index is 15.4. The van der Waals surface area contributed by atoms with E-state index in [1.54, 1.807) is 17.0 Å². The molecule has 1 aliphatic carbocycles. The van der Waals surface area contributed by atoms with Crippen LogP contribution in [0.4, 0.5) is 24.8 Å². The first-order valence-electron chi connectivity index (χ1n) is 11.6. The quantitative estimate of drug-likeness (QED) is 0.362. The highest BCUT2D eigenvalue weighted by atomic mass is 35.5. The summed E-state index contributed by atoms with van der Waals surface area (Å²) < 4.78 is 71.2. The molecule has 2 aliphatic rings. The number of aryl methyl sites for hydroxylation is 1. The number of rotatable bonds is 4. The van der Waals surface area contributed by atoms with Gasteiger partial charge in [0.1, 0.15) is 11.6 Å². The maximum Gasteiger partial charge on any atom is 0.283 e. The summed E-state index contributed by atoms with van der Waals surface area (Å²) in [5.74, 6) is -1.98. The summed E-state index contributed by atoms with van der Waals surface area (Å²) in [6.45, 7) is 2.79. The summed E-state index contributed by atoms with van der Waals surface area (Å²) in [4.78, 5) is 7.56. The molecule has 2 aromatic heterocycles. The lowest BCUT2D eigenvalue weighted by Gasteiger charge is -2.43. The van der Waals surface area contributed by atoms with Crippen molar-refractivity contribution in [1.82, 2.24) is 14.2 Å². The van der Waals surface area contributed by atoms with Gasteiger partial charge in [-0.3, -0.25) is 0 Å². The Labute approximate surface area is 216 Å². The Morgan fingerprint density at radius 2 is 1.70 bits per heavy atom. The van der Waals surface area contributed by atoms with Crippen LogP contribution in [0.5, 0.6) is 0 Å². The van der Waals surface area contributed by atoms with Gasteiger partial charge in [-0.05, 0) is 44.0 Å². The molecule has 1 saturated heterocycles. The smallest absolute Gasteiger partial charge is 0.283 e. The van der Waals surface area contributed by atoms with Crippen molar-refractivity contribution in [2.45, 2.75) is 30.2 Å². The van der Waals surface area contributed by atoms with E-state index in [1.807, 2.05) is 11.8 Å². The Bertz CT molecular complexity index is 1660. The summed E-state index contributed by atoms with van der Waals surface area (Å²) in [7, 11) is -4.17. The van der Waals surface area contributed by atoms with Gasteiger partial charge in [0.25, 0.3) is 10.0 Å². The first-order chi connectivity index (χ1) is 17.6. The van der Waals surface area contributed by atoms with E-state index in [4.69, 9.17) is 11.6 Å². The van der Waals surface area contributed by atoms with E-state index < -0.39 is 33.0 Å². The van der Waals surface area contributed by atoms with Gasteiger partial charge < -0.3 is 9.80 Å². The second-order valence-electron chi connectivity index (χ2n) is 9.52. The number of hydrogen-bond donors (Lipinski definition) is 0. The molecule has 0 unspecified atom stereocenters. The fourth-order valence-electron chi connectivity index (χ4n) is 5.01. The molecular weight excluding hydrogens is 527 g/mol. The Balaban J connectivity index is 1.45. The van der Waals surface area contributed by atoms with E-state index in [1.165, 1.54) is 18.2 Å². The van der Waals surface area contributed by atoms with Crippen molar-refractivity contribution in [2.24, 2.45) is 0 Å². The van der Waals surface area contributed by atoms with Crippen LogP contribution in [-0.2, 0) is 10.0 Å². The van der Waals surface area contributed by atoms with Crippen LogP contribution in [0.15, 0.2) is 53.6 Å². The highest BCUT2D eigenvalue weighted by Gasteiger charge is 2.53. The minimum absolute atomic E-state index is 0.0123. The number of halogens is 4. The Kier molecular flexibility index (Phi) is 5.43. The van der Waals surface area contributed by atoms with Gasteiger partial charge in [0, 0.05) is 30.7 Å². The molecule has 0 amide bonds. The number of pyridine rings is 1. The minimum atomic E-state index is -4.17. The molecule has 6 rings (SSSR count). The molecular formula is C25H21ClF3N5O2S. The van der Waals surface area contributed by atoms with Crippen molar-refractivity contribution in [2.75, 3.05) is 29.4 Å². The fraction of sp³-hybridized carbons (Fsp3) is 0.280. The Morgan fingerprint density at radius 1 is 0.973 bits per heavy atom. The largest absolute Gasteiger partial charge is 0.350 e. The molecule has 2 aromatic carbocycles. The van der Waals surface area contributed by atoms with Gasteiger partial charge in [-0.25, -0.2) is 18.2 Å². The van der Waals surface area contributed by atoms with Gasteiger partial charge in [-0.1, -0.05) is 29.3 Å². The molecule has 12 heteroatoms. The van der Waals surface area contributed by atoms with Gasteiger partial charge in [-0.15, -0.1) is 5.10 Å².